The molecule has 0 aromatic rings. The Kier molecular flexibility index (Phi) is 3.48. The average Bonchev–Trinajstić information content (AvgIpc) is 2.85. The van der Waals surface area contributed by atoms with E-state index in [4.69, 9.17) is 5.11 Å². The van der Waals surface area contributed by atoms with Gasteiger partial charge in [-0.25, -0.2) is 0 Å². The van der Waals surface area contributed by atoms with Crippen molar-refractivity contribution in [2.45, 2.75) is 25.8 Å². The smallest absolute Gasteiger partial charge is 0.317 e. The summed E-state index contributed by atoms with van der Waals surface area (Å²) >= 11 is 0. The summed E-state index contributed by atoms with van der Waals surface area (Å²) in [6, 6.07) is 0.164. The van der Waals surface area contributed by atoms with Gasteiger partial charge in [0.05, 0.1) is 6.54 Å². The first-order valence-corrected chi connectivity index (χ1v) is 4.72. The van der Waals surface area contributed by atoms with Gasteiger partial charge in [0.1, 0.15) is 0 Å². The molecule has 0 amide bonds. The lowest BCUT2D eigenvalue weighted by molar-refractivity contribution is -0.138. The van der Waals surface area contributed by atoms with Crippen molar-refractivity contribution in [2.24, 2.45) is 5.92 Å². The Balaban J connectivity index is 2.40. The minimum absolute atomic E-state index is 0.129. The Bertz CT molecular complexity index is 199. The first-order valence-electron chi connectivity index (χ1n) is 4.72. The molecule has 0 radical (unpaired) electrons. The van der Waals surface area contributed by atoms with Crippen LogP contribution in [-0.2, 0) is 4.79 Å². The van der Waals surface area contributed by atoms with Crippen molar-refractivity contribution in [3.8, 4) is 0 Å². The number of hydrogen-bond donors (Lipinski definition) is 1. The molecular weight excluding hydrogens is 166 g/mol. The lowest BCUT2D eigenvalue weighted by Gasteiger charge is -2.24. The molecule has 1 N–H and O–H groups in total. The number of aliphatic carboxylic acids is 1. The largest absolute Gasteiger partial charge is 0.480 e. The number of rotatable bonds is 6. The third-order valence-corrected chi connectivity index (χ3v) is 2.45. The molecule has 3 heteroatoms. The van der Waals surface area contributed by atoms with E-state index in [1.807, 2.05) is 11.8 Å². The molecule has 1 aliphatic rings. The summed E-state index contributed by atoms with van der Waals surface area (Å²) in [5.74, 6) is -0.0314. The van der Waals surface area contributed by atoms with Crippen LogP contribution in [0.1, 0.15) is 19.8 Å². The minimum atomic E-state index is -0.755. The SMILES string of the molecule is C=CC(C)N(CC(=O)O)CC1CC1. The van der Waals surface area contributed by atoms with E-state index in [1.54, 1.807) is 6.08 Å². The lowest BCUT2D eigenvalue weighted by Crippen LogP contribution is -2.37. The number of carbonyl (C=O) groups is 1. The molecule has 0 bridgehead atoms. The fourth-order valence-electron chi connectivity index (χ4n) is 1.33. The standard InChI is InChI=1S/C10H17NO2/c1-3-8(2)11(7-10(12)13)6-9-4-5-9/h3,8-9H,1,4-7H2,2H3,(H,12,13). The maximum atomic E-state index is 10.6. The molecule has 1 unspecified atom stereocenters. The number of hydrogen-bond acceptors (Lipinski definition) is 2. The van der Waals surface area contributed by atoms with Crippen molar-refractivity contribution in [1.82, 2.24) is 4.90 Å². The van der Waals surface area contributed by atoms with Crippen molar-refractivity contribution in [2.75, 3.05) is 13.1 Å². The summed E-state index contributed by atoms with van der Waals surface area (Å²) in [4.78, 5) is 12.5. The van der Waals surface area contributed by atoms with Crippen LogP contribution in [0.2, 0.25) is 0 Å². The van der Waals surface area contributed by atoms with E-state index in [9.17, 15) is 4.79 Å². The van der Waals surface area contributed by atoms with E-state index >= 15 is 0 Å². The molecule has 0 aromatic carbocycles. The molecule has 0 heterocycles. The zero-order valence-electron chi connectivity index (χ0n) is 8.07. The molecule has 1 aliphatic carbocycles. The van der Waals surface area contributed by atoms with Crippen molar-refractivity contribution in [3.05, 3.63) is 12.7 Å². The predicted molar refractivity (Wildman–Crippen MR) is 51.6 cm³/mol. The normalized spacial score (nSPS) is 18.6. The van der Waals surface area contributed by atoms with Gasteiger partial charge in [-0.15, -0.1) is 6.58 Å². The zero-order valence-corrected chi connectivity index (χ0v) is 8.07. The van der Waals surface area contributed by atoms with Crippen molar-refractivity contribution in [1.29, 1.82) is 0 Å². The van der Waals surface area contributed by atoms with Gasteiger partial charge in [0.15, 0.2) is 0 Å². The van der Waals surface area contributed by atoms with E-state index in [0.717, 1.165) is 12.5 Å². The fraction of sp³-hybridized carbons (Fsp3) is 0.700. The molecule has 0 saturated heterocycles. The van der Waals surface area contributed by atoms with Crippen LogP contribution in [0, 0.1) is 5.92 Å². The highest BCUT2D eigenvalue weighted by atomic mass is 16.4. The van der Waals surface area contributed by atoms with E-state index in [0.29, 0.717) is 0 Å². The first kappa shape index (κ1) is 10.3. The molecule has 1 fully saturated rings. The third kappa shape index (κ3) is 3.59. The predicted octanol–water partition coefficient (Wildman–Crippen LogP) is 1.36. The van der Waals surface area contributed by atoms with Crippen molar-refractivity contribution >= 4 is 5.97 Å². The summed E-state index contributed by atoms with van der Waals surface area (Å²) in [5, 5.41) is 8.69. The molecule has 0 aromatic heterocycles. The molecule has 0 spiro atoms. The summed E-state index contributed by atoms with van der Waals surface area (Å²) in [7, 11) is 0. The van der Waals surface area contributed by atoms with Crippen molar-refractivity contribution in [3.63, 3.8) is 0 Å². The third-order valence-electron chi connectivity index (χ3n) is 2.45. The van der Waals surface area contributed by atoms with Gasteiger partial charge in [0.25, 0.3) is 0 Å². The molecule has 13 heavy (non-hydrogen) atoms. The highest BCUT2D eigenvalue weighted by Gasteiger charge is 2.26. The van der Waals surface area contributed by atoms with Gasteiger partial charge in [-0.05, 0) is 25.7 Å². The van der Waals surface area contributed by atoms with Gasteiger partial charge in [-0.3, -0.25) is 9.69 Å². The minimum Gasteiger partial charge on any atom is -0.480 e. The fourth-order valence-corrected chi connectivity index (χ4v) is 1.33. The molecule has 0 aliphatic heterocycles. The van der Waals surface area contributed by atoms with Crippen LogP contribution in [0.25, 0.3) is 0 Å². The van der Waals surface area contributed by atoms with E-state index < -0.39 is 5.97 Å². The second-order valence-electron chi connectivity index (χ2n) is 3.74. The van der Waals surface area contributed by atoms with Crippen LogP contribution < -0.4 is 0 Å². The van der Waals surface area contributed by atoms with Gasteiger partial charge in [-0.2, -0.15) is 0 Å². The highest BCUT2D eigenvalue weighted by Crippen LogP contribution is 2.30. The molecule has 3 nitrogen and oxygen atoms in total. The Morgan fingerprint density at radius 2 is 2.38 bits per heavy atom. The molecular formula is C10H17NO2. The quantitative estimate of drug-likeness (QED) is 0.632. The maximum absolute atomic E-state index is 10.6. The summed E-state index contributed by atoms with van der Waals surface area (Å²) in [5.41, 5.74) is 0. The molecule has 74 valence electrons. The zero-order chi connectivity index (χ0) is 9.84. The Morgan fingerprint density at radius 1 is 1.77 bits per heavy atom. The lowest BCUT2D eigenvalue weighted by atomic mass is 10.2. The van der Waals surface area contributed by atoms with Crippen LogP contribution >= 0.6 is 0 Å². The van der Waals surface area contributed by atoms with Crippen molar-refractivity contribution < 1.29 is 9.90 Å². The van der Waals surface area contributed by atoms with Gasteiger partial charge >= 0.3 is 5.97 Å². The van der Waals surface area contributed by atoms with Crippen LogP contribution in [0.5, 0.6) is 0 Å². The maximum Gasteiger partial charge on any atom is 0.317 e. The number of carboxylic acid groups (broad SMARTS) is 1. The topological polar surface area (TPSA) is 40.5 Å². The highest BCUT2D eigenvalue weighted by molar-refractivity contribution is 5.69. The van der Waals surface area contributed by atoms with Gasteiger partial charge in [0.2, 0.25) is 0 Å². The summed E-state index contributed by atoms with van der Waals surface area (Å²) in [6.45, 7) is 6.70. The van der Waals surface area contributed by atoms with Gasteiger partial charge in [-0.1, -0.05) is 6.08 Å². The Labute approximate surface area is 79.0 Å². The molecule has 1 atom stereocenters. The Morgan fingerprint density at radius 3 is 2.77 bits per heavy atom. The monoisotopic (exact) mass is 183 g/mol. The molecule has 1 saturated carbocycles. The average molecular weight is 183 g/mol. The second kappa shape index (κ2) is 4.42. The second-order valence-corrected chi connectivity index (χ2v) is 3.74. The first-order chi connectivity index (χ1) is 6.13. The summed E-state index contributed by atoms with van der Waals surface area (Å²) < 4.78 is 0. The summed E-state index contributed by atoms with van der Waals surface area (Å²) in [6.07, 6.45) is 4.30. The van der Waals surface area contributed by atoms with Gasteiger partial charge in [0, 0.05) is 12.6 Å². The van der Waals surface area contributed by atoms with Gasteiger partial charge < -0.3 is 5.11 Å². The number of carboxylic acids is 1. The van der Waals surface area contributed by atoms with E-state index in [1.165, 1.54) is 12.8 Å². The van der Waals surface area contributed by atoms with E-state index in [2.05, 4.69) is 6.58 Å². The number of nitrogens with zero attached hydrogens (tertiary/aromatic N) is 1. The van der Waals surface area contributed by atoms with Crippen LogP contribution in [0.4, 0.5) is 0 Å². The van der Waals surface area contributed by atoms with Crippen LogP contribution in [0.3, 0.4) is 0 Å². The van der Waals surface area contributed by atoms with Crippen LogP contribution in [-0.4, -0.2) is 35.1 Å². The Hall–Kier alpha value is -0.830. The van der Waals surface area contributed by atoms with Crippen LogP contribution in [0.15, 0.2) is 12.7 Å². The van der Waals surface area contributed by atoms with E-state index in [-0.39, 0.29) is 12.6 Å². The molecule has 1 rings (SSSR count).